The van der Waals surface area contributed by atoms with E-state index in [1.54, 1.807) is 18.2 Å². The molecule has 0 aliphatic carbocycles. The average Bonchev–Trinajstić information content (AvgIpc) is 2.70. The molecule has 0 aliphatic rings. The van der Waals surface area contributed by atoms with Crippen molar-refractivity contribution < 1.29 is 22.7 Å². The lowest BCUT2D eigenvalue weighted by molar-refractivity contribution is -0.121. The van der Waals surface area contributed by atoms with Gasteiger partial charge in [0.15, 0.2) is 11.5 Å². The molecule has 1 unspecified atom stereocenters. The predicted molar refractivity (Wildman–Crippen MR) is 112 cm³/mol. The third-order valence-corrected chi connectivity index (χ3v) is 5.62. The molecule has 29 heavy (non-hydrogen) atoms. The van der Waals surface area contributed by atoms with Gasteiger partial charge in [0.1, 0.15) is 0 Å². The second-order valence-electron chi connectivity index (χ2n) is 6.32. The highest BCUT2D eigenvalue weighted by Crippen LogP contribution is 2.30. The summed E-state index contributed by atoms with van der Waals surface area (Å²) in [6, 6.07) is 13.3. The van der Waals surface area contributed by atoms with Gasteiger partial charge in [-0.1, -0.05) is 24.3 Å². The molecular formula is C21H28N2O5S. The third-order valence-electron chi connectivity index (χ3n) is 4.14. The van der Waals surface area contributed by atoms with Crippen LogP contribution in [0.3, 0.4) is 0 Å². The van der Waals surface area contributed by atoms with Crippen LogP contribution in [0.5, 0.6) is 11.5 Å². The van der Waals surface area contributed by atoms with E-state index in [-0.39, 0.29) is 29.8 Å². The summed E-state index contributed by atoms with van der Waals surface area (Å²) in [7, 11) is -3.62. The quantitative estimate of drug-likeness (QED) is 0.583. The van der Waals surface area contributed by atoms with Crippen molar-refractivity contribution >= 4 is 15.9 Å². The van der Waals surface area contributed by atoms with Crippen LogP contribution in [0.2, 0.25) is 0 Å². The number of sulfonamides is 1. The van der Waals surface area contributed by atoms with Crippen LogP contribution in [0.25, 0.3) is 0 Å². The highest BCUT2D eigenvalue weighted by molar-refractivity contribution is 7.89. The van der Waals surface area contributed by atoms with Crippen LogP contribution in [0.1, 0.15) is 38.8 Å². The highest BCUT2D eigenvalue weighted by atomic mass is 32.2. The van der Waals surface area contributed by atoms with Gasteiger partial charge in [0.05, 0.1) is 24.2 Å². The summed E-state index contributed by atoms with van der Waals surface area (Å²) in [5.41, 5.74) is 0.870. The maximum Gasteiger partial charge on any atom is 0.240 e. The van der Waals surface area contributed by atoms with Gasteiger partial charge in [-0.25, -0.2) is 13.1 Å². The molecule has 0 saturated carbocycles. The van der Waals surface area contributed by atoms with Crippen LogP contribution in [0, 0.1) is 0 Å². The Morgan fingerprint density at radius 2 is 1.66 bits per heavy atom. The fourth-order valence-corrected chi connectivity index (χ4v) is 3.77. The van der Waals surface area contributed by atoms with Crippen LogP contribution in [0.15, 0.2) is 53.4 Å². The van der Waals surface area contributed by atoms with Crippen LogP contribution in [-0.4, -0.2) is 34.1 Å². The van der Waals surface area contributed by atoms with E-state index in [1.165, 1.54) is 12.1 Å². The van der Waals surface area contributed by atoms with Crippen molar-refractivity contribution in [3.8, 4) is 11.5 Å². The molecular weight excluding hydrogens is 392 g/mol. The molecule has 0 bridgehead atoms. The lowest BCUT2D eigenvalue weighted by Crippen LogP contribution is -2.32. The van der Waals surface area contributed by atoms with Crippen molar-refractivity contribution in [2.24, 2.45) is 0 Å². The number of hydrogen-bond donors (Lipinski definition) is 2. The number of nitrogens with one attached hydrogen (secondary N) is 2. The monoisotopic (exact) mass is 420 g/mol. The van der Waals surface area contributed by atoms with Gasteiger partial charge in [-0.15, -0.1) is 0 Å². The van der Waals surface area contributed by atoms with Crippen molar-refractivity contribution in [2.75, 3.05) is 19.8 Å². The molecule has 0 spiro atoms. The maximum absolute atomic E-state index is 12.2. The normalized spacial score (nSPS) is 12.2. The van der Waals surface area contributed by atoms with Gasteiger partial charge >= 0.3 is 0 Å². The topological polar surface area (TPSA) is 93.7 Å². The molecule has 0 heterocycles. The van der Waals surface area contributed by atoms with Crippen LogP contribution in [-0.2, 0) is 14.8 Å². The minimum absolute atomic E-state index is 0.0171. The molecule has 2 N–H and O–H groups in total. The van der Waals surface area contributed by atoms with Crippen LogP contribution in [0.4, 0.5) is 0 Å². The van der Waals surface area contributed by atoms with Gasteiger partial charge in [0.2, 0.25) is 15.9 Å². The van der Waals surface area contributed by atoms with E-state index >= 15 is 0 Å². The first-order valence-electron chi connectivity index (χ1n) is 9.61. The van der Waals surface area contributed by atoms with E-state index < -0.39 is 10.0 Å². The number of carbonyl (C=O) groups excluding carboxylic acids is 1. The molecule has 2 aromatic carbocycles. The van der Waals surface area contributed by atoms with Gasteiger partial charge in [-0.05, 0) is 50.6 Å². The summed E-state index contributed by atoms with van der Waals surface area (Å²) in [6.45, 7) is 6.71. The Morgan fingerprint density at radius 3 is 2.31 bits per heavy atom. The van der Waals surface area contributed by atoms with Crippen molar-refractivity contribution in [2.45, 2.75) is 38.1 Å². The van der Waals surface area contributed by atoms with E-state index in [4.69, 9.17) is 9.47 Å². The Labute approximate surface area is 172 Å². The van der Waals surface area contributed by atoms with Crippen molar-refractivity contribution in [1.29, 1.82) is 0 Å². The SMILES string of the molecule is CCOc1ccc(C(C)NC(=O)CCNS(=O)(=O)c2ccccc2)cc1OCC. The smallest absolute Gasteiger partial charge is 0.240 e. The zero-order valence-corrected chi connectivity index (χ0v) is 17.8. The number of benzene rings is 2. The Hall–Kier alpha value is -2.58. The summed E-state index contributed by atoms with van der Waals surface area (Å²) < 4.78 is 38.0. The van der Waals surface area contributed by atoms with Gasteiger partial charge in [0.25, 0.3) is 0 Å². The molecule has 0 aliphatic heterocycles. The Bertz CT molecular complexity index is 901. The van der Waals surface area contributed by atoms with Gasteiger partial charge in [-0.2, -0.15) is 0 Å². The Morgan fingerprint density at radius 1 is 1.00 bits per heavy atom. The van der Waals surface area contributed by atoms with Crippen molar-refractivity contribution in [1.82, 2.24) is 10.0 Å². The van der Waals surface area contributed by atoms with E-state index in [1.807, 2.05) is 39.0 Å². The number of rotatable bonds is 11. The molecule has 0 saturated heterocycles. The molecule has 0 radical (unpaired) electrons. The summed E-state index contributed by atoms with van der Waals surface area (Å²) in [4.78, 5) is 12.4. The number of amides is 1. The van der Waals surface area contributed by atoms with Crippen molar-refractivity contribution in [3.63, 3.8) is 0 Å². The summed E-state index contributed by atoms with van der Waals surface area (Å²) in [6.07, 6.45) is 0.0335. The van der Waals surface area contributed by atoms with Gasteiger partial charge < -0.3 is 14.8 Å². The summed E-state index contributed by atoms with van der Waals surface area (Å²) in [5.74, 6) is 1.04. The fraction of sp³-hybridized carbons (Fsp3) is 0.381. The summed E-state index contributed by atoms with van der Waals surface area (Å²) >= 11 is 0. The van der Waals surface area contributed by atoms with E-state index in [2.05, 4.69) is 10.0 Å². The number of ether oxygens (including phenoxy) is 2. The molecule has 7 nitrogen and oxygen atoms in total. The molecule has 1 amide bonds. The molecule has 8 heteroatoms. The van der Waals surface area contributed by atoms with Crippen LogP contribution < -0.4 is 19.5 Å². The standard InChI is InChI=1S/C21H28N2O5S/c1-4-27-19-12-11-17(15-20(19)28-5-2)16(3)23-21(24)13-14-22-29(25,26)18-9-7-6-8-10-18/h6-12,15-16,22H,4-5,13-14H2,1-3H3,(H,23,24). The first-order chi connectivity index (χ1) is 13.9. The molecule has 1 atom stereocenters. The first-order valence-corrected chi connectivity index (χ1v) is 11.1. The lowest BCUT2D eigenvalue weighted by Gasteiger charge is -2.17. The number of hydrogen-bond acceptors (Lipinski definition) is 5. The lowest BCUT2D eigenvalue weighted by atomic mass is 10.1. The zero-order valence-electron chi connectivity index (χ0n) is 17.0. The van der Waals surface area contributed by atoms with E-state index in [0.29, 0.717) is 24.7 Å². The van der Waals surface area contributed by atoms with Crippen LogP contribution >= 0.6 is 0 Å². The largest absolute Gasteiger partial charge is 0.490 e. The Balaban J connectivity index is 1.91. The Kier molecular flexibility index (Phi) is 8.48. The zero-order chi connectivity index (χ0) is 21.3. The second kappa shape index (κ2) is 10.8. The predicted octanol–water partition coefficient (Wildman–Crippen LogP) is 3.03. The molecule has 2 aromatic rings. The maximum atomic E-state index is 12.2. The second-order valence-corrected chi connectivity index (χ2v) is 8.09. The van der Waals surface area contributed by atoms with E-state index in [9.17, 15) is 13.2 Å². The molecule has 158 valence electrons. The van der Waals surface area contributed by atoms with Gasteiger partial charge in [-0.3, -0.25) is 4.79 Å². The minimum atomic E-state index is -3.62. The first kappa shape index (κ1) is 22.7. The average molecular weight is 421 g/mol. The van der Waals surface area contributed by atoms with Gasteiger partial charge in [0, 0.05) is 13.0 Å². The molecule has 0 aromatic heterocycles. The highest BCUT2D eigenvalue weighted by Gasteiger charge is 2.16. The number of carbonyl (C=O) groups is 1. The fourth-order valence-electron chi connectivity index (χ4n) is 2.72. The summed E-state index contributed by atoms with van der Waals surface area (Å²) in [5, 5.41) is 2.87. The third kappa shape index (κ3) is 6.76. The minimum Gasteiger partial charge on any atom is -0.490 e. The van der Waals surface area contributed by atoms with Crippen molar-refractivity contribution in [3.05, 3.63) is 54.1 Å². The molecule has 2 rings (SSSR count). The molecule has 0 fully saturated rings. The van der Waals surface area contributed by atoms with E-state index in [0.717, 1.165) is 5.56 Å².